The van der Waals surface area contributed by atoms with E-state index in [1.807, 2.05) is 0 Å². The van der Waals surface area contributed by atoms with Crippen LogP contribution in [0.4, 0.5) is 4.79 Å². The maximum atomic E-state index is 8.78. The van der Waals surface area contributed by atoms with Crippen molar-refractivity contribution in [2.24, 2.45) is 5.73 Å². The molecule has 1 rings (SSSR count). The van der Waals surface area contributed by atoms with E-state index in [0.29, 0.717) is 0 Å². The van der Waals surface area contributed by atoms with E-state index in [1.54, 1.807) is 0 Å². The summed E-state index contributed by atoms with van der Waals surface area (Å²) in [6.45, 7) is 0. The fraction of sp³-hybridized carbons (Fsp3) is 0.875. The highest BCUT2D eigenvalue weighted by Gasteiger charge is 1.95. The van der Waals surface area contributed by atoms with Gasteiger partial charge in [0.2, 0.25) is 0 Å². The Morgan fingerprint density at radius 3 is 1.09 bits per heavy atom. The molecule has 0 bridgehead atoms. The largest absolute Gasteiger partial charge is 0.465 e. The van der Waals surface area contributed by atoms with Crippen molar-refractivity contribution >= 4 is 6.09 Å². The van der Waals surface area contributed by atoms with Gasteiger partial charge in [0.05, 0.1) is 0 Å². The SMILES string of the molecule is C1CCCCCC1.NC(=O)O. The lowest BCUT2D eigenvalue weighted by Gasteiger charge is -1.85. The molecule has 0 spiro atoms. The van der Waals surface area contributed by atoms with Crippen LogP contribution >= 0.6 is 0 Å². The molecule has 1 aliphatic rings. The number of nitrogens with two attached hydrogens (primary N) is 1. The van der Waals surface area contributed by atoms with Crippen LogP contribution in [0.15, 0.2) is 0 Å². The molecular weight excluding hydrogens is 142 g/mol. The predicted octanol–water partition coefficient (Wildman–Crippen LogP) is 2.35. The minimum atomic E-state index is -1.33. The molecule has 3 N–H and O–H groups in total. The van der Waals surface area contributed by atoms with Crippen molar-refractivity contribution in [3.8, 4) is 0 Å². The molecule has 1 aliphatic carbocycles. The lowest BCUT2D eigenvalue weighted by atomic mass is 10.2. The van der Waals surface area contributed by atoms with E-state index >= 15 is 0 Å². The van der Waals surface area contributed by atoms with Crippen molar-refractivity contribution < 1.29 is 9.90 Å². The number of hydrogen-bond acceptors (Lipinski definition) is 1. The lowest BCUT2D eigenvalue weighted by molar-refractivity contribution is 0.205. The summed E-state index contributed by atoms with van der Waals surface area (Å²) in [4.78, 5) is 8.78. The highest BCUT2D eigenvalue weighted by Crippen LogP contribution is 2.15. The third-order valence-electron chi connectivity index (χ3n) is 1.75. The van der Waals surface area contributed by atoms with Crippen LogP contribution in [0, 0.1) is 0 Å². The van der Waals surface area contributed by atoms with E-state index in [4.69, 9.17) is 9.90 Å². The average Bonchev–Trinajstić information content (AvgIpc) is 2.13. The standard InChI is InChI=1S/C7H14.CH3NO2/c1-2-4-6-7-5-3-1;2-1(3)4/h1-7H2;2H2,(H,3,4). The second kappa shape index (κ2) is 7.38. The van der Waals surface area contributed by atoms with Gasteiger partial charge in [-0.3, -0.25) is 0 Å². The number of carbonyl (C=O) groups is 1. The Bertz CT molecular complexity index is 80.6. The summed E-state index contributed by atoms with van der Waals surface area (Å²) in [6, 6.07) is 0. The van der Waals surface area contributed by atoms with Crippen molar-refractivity contribution in [1.29, 1.82) is 0 Å². The fourth-order valence-corrected chi connectivity index (χ4v) is 1.24. The Hall–Kier alpha value is -0.730. The molecule has 0 atom stereocenters. The van der Waals surface area contributed by atoms with Gasteiger partial charge in [0.1, 0.15) is 0 Å². The van der Waals surface area contributed by atoms with Crippen LogP contribution in [0.3, 0.4) is 0 Å². The number of hydrogen-bond donors (Lipinski definition) is 2. The Kier molecular flexibility index (Phi) is 6.89. The van der Waals surface area contributed by atoms with Crippen LogP contribution in [0.5, 0.6) is 0 Å². The molecule has 0 unspecified atom stereocenters. The second-order valence-electron chi connectivity index (χ2n) is 2.81. The van der Waals surface area contributed by atoms with E-state index in [-0.39, 0.29) is 0 Å². The van der Waals surface area contributed by atoms with E-state index < -0.39 is 6.09 Å². The molecule has 66 valence electrons. The first-order chi connectivity index (χ1) is 5.23. The zero-order valence-corrected chi connectivity index (χ0v) is 6.88. The zero-order valence-electron chi connectivity index (χ0n) is 6.88. The summed E-state index contributed by atoms with van der Waals surface area (Å²) < 4.78 is 0. The summed E-state index contributed by atoms with van der Waals surface area (Å²) in [7, 11) is 0. The summed E-state index contributed by atoms with van der Waals surface area (Å²) in [5.74, 6) is 0. The Balaban J connectivity index is 0.000000218. The number of amides is 1. The van der Waals surface area contributed by atoms with Gasteiger partial charge in [0.15, 0.2) is 0 Å². The van der Waals surface area contributed by atoms with E-state index in [0.717, 1.165) is 0 Å². The molecule has 1 amide bonds. The minimum absolute atomic E-state index is 1.33. The molecule has 3 nitrogen and oxygen atoms in total. The Morgan fingerprint density at radius 1 is 0.909 bits per heavy atom. The second-order valence-corrected chi connectivity index (χ2v) is 2.81. The van der Waals surface area contributed by atoms with Gasteiger partial charge in [-0.15, -0.1) is 0 Å². The topological polar surface area (TPSA) is 63.3 Å². The summed E-state index contributed by atoms with van der Waals surface area (Å²) in [5, 5.41) is 7.19. The van der Waals surface area contributed by atoms with Crippen molar-refractivity contribution in [3.05, 3.63) is 0 Å². The van der Waals surface area contributed by atoms with E-state index in [9.17, 15) is 0 Å². The number of primary amides is 1. The van der Waals surface area contributed by atoms with Gasteiger partial charge in [0.25, 0.3) is 0 Å². The molecule has 3 heteroatoms. The Labute approximate surface area is 67.6 Å². The van der Waals surface area contributed by atoms with Crippen molar-refractivity contribution in [2.75, 3.05) is 0 Å². The maximum absolute atomic E-state index is 8.78. The van der Waals surface area contributed by atoms with Crippen molar-refractivity contribution in [2.45, 2.75) is 44.9 Å². The summed E-state index contributed by atoms with van der Waals surface area (Å²) in [5.41, 5.74) is 4.03. The van der Waals surface area contributed by atoms with E-state index in [1.165, 1.54) is 44.9 Å². The summed E-state index contributed by atoms with van der Waals surface area (Å²) >= 11 is 0. The van der Waals surface area contributed by atoms with Gasteiger partial charge in [-0.2, -0.15) is 0 Å². The van der Waals surface area contributed by atoms with Crippen LogP contribution < -0.4 is 5.73 Å². The third kappa shape index (κ3) is 12.5. The monoisotopic (exact) mass is 159 g/mol. The van der Waals surface area contributed by atoms with Crippen molar-refractivity contribution in [1.82, 2.24) is 0 Å². The van der Waals surface area contributed by atoms with Crippen LogP contribution in [0.25, 0.3) is 0 Å². The van der Waals surface area contributed by atoms with Gasteiger partial charge in [-0.05, 0) is 0 Å². The zero-order chi connectivity index (χ0) is 8.53. The summed E-state index contributed by atoms with van der Waals surface area (Å²) in [6.07, 6.45) is 9.17. The fourth-order valence-electron chi connectivity index (χ4n) is 1.24. The van der Waals surface area contributed by atoms with Gasteiger partial charge in [-0.25, -0.2) is 4.79 Å². The van der Waals surface area contributed by atoms with Crippen molar-refractivity contribution in [3.63, 3.8) is 0 Å². The smallest absolute Gasteiger partial charge is 0.402 e. The highest BCUT2D eigenvalue weighted by atomic mass is 16.4. The Morgan fingerprint density at radius 2 is 1.00 bits per heavy atom. The first-order valence-electron chi connectivity index (χ1n) is 4.22. The molecule has 1 saturated carbocycles. The molecule has 0 heterocycles. The number of rotatable bonds is 0. The van der Waals surface area contributed by atoms with E-state index in [2.05, 4.69) is 5.73 Å². The normalized spacial score (nSPS) is 17.5. The quantitative estimate of drug-likeness (QED) is 0.533. The molecule has 0 radical (unpaired) electrons. The molecule has 11 heavy (non-hydrogen) atoms. The molecule has 0 saturated heterocycles. The van der Waals surface area contributed by atoms with Gasteiger partial charge < -0.3 is 10.8 Å². The first-order valence-corrected chi connectivity index (χ1v) is 4.22. The number of carboxylic acid groups (broad SMARTS) is 1. The van der Waals surface area contributed by atoms with Crippen LogP contribution in [0.1, 0.15) is 44.9 Å². The molecule has 0 aromatic carbocycles. The molecule has 1 fully saturated rings. The highest BCUT2D eigenvalue weighted by molar-refractivity contribution is 5.61. The minimum Gasteiger partial charge on any atom is -0.465 e. The predicted molar refractivity (Wildman–Crippen MR) is 44.5 cm³/mol. The van der Waals surface area contributed by atoms with Crippen LogP contribution in [-0.4, -0.2) is 11.2 Å². The molecule has 0 aliphatic heterocycles. The maximum Gasteiger partial charge on any atom is 0.402 e. The van der Waals surface area contributed by atoms with Crippen LogP contribution in [-0.2, 0) is 0 Å². The van der Waals surface area contributed by atoms with Gasteiger partial charge in [0, 0.05) is 0 Å². The molecule has 0 aromatic rings. The third-order valence-corrected chi connectivity index (χ3v) is 1.75. The van der Waals surface area contributed by atoms with Gasteiger partial charge in [-0.1, -0.05) is 44.9 Å². The lowest BCUT2D eigenvalue weighted by Crippen LogP contribution is -2.03. The van der Waals surface area contributed by atoms with Crippen LogP contribution in [0.2, 0.25) is 0 Å². The molecule has 0 aromatic heterocycles. The van der Waals surface area contributed by atoms with Gasteiger partial charge >= 0.3 is 6.09 Å². The molecular formula is C8H17NO2. The average molecular weight is 159 g/mol. The first kappa shape index (κ1) is 10.3.